The first kappa shape index (κ1) is 15.5. The number of carbonyl (C=O) groups is 2. The Hall–Kier alpha value is -1.55. The molecule has 0 fully saturated rings. The number of carboxylic acid groups (broad SMARTS) is 1. The molecule has 1 atom stereocenters. The van der Waals surface area contributed by atoms with Gasteiger partial charge >= 0.3 is 5.97 Å². The predicted molar refractivity (Wildman–Crippen MR) is 74.0 cm³/mol. The zero-order chi connectivity index (χ0) is 14.6. The number of carbonyl (C=O) groups excluding carboxylic acids is 1. The standard InChI is InChI=1S/C14H18ClNO3/c1-9(10-5-4-6-11(15)7-10)16-12(17)8-14(2,3)13(18)19/h4-7,9H,8H2,1-3H3,(H,16,17)(H,18,19)/t9-/m0/s1. The molecule has 0 heterocycles. The summed E-state index contributed by atoms with van der Waals surface area (Å²) in [6.07, 6.45) is -0.0623. The van der Waals surface area contributed by atoms with Crippen molar-refractivity contribution >= 4 is 23.5 Å². The maximum atomic E-state index is 11.8. The van der Waals surface area contributed by atoms with Crippen LogP contribution in [0.4, 0.5) is 0 Å². The lowest BCUT2D eigenvalue weighted by Gasteiger charge is -2.20. The SMILES string of the molecule is C[C@H](NC(=O)CC(C)(C)C(=O)O)c1cccc(Cl)c1. The van der Waals surface area contributed by atoms with Gasteiger partial charge in [-0.05, 0) is 38.5 Å². The van der Waals surface area contributed by atoms with Crippen LogP contribution in [0.2, 0.25) is 5.02 Å². The smallest absolute Gasteiger partial charge is 0.309 e. The van der Waals surface area contributed by atoms with E-state index in [0.717, 1.165) is 5.56 Å². The van der Waals surface area contributed by atoms with E-state index in [1.807, 2.05) is 19.1 Å². The number of hydrogen-bond donors (Lipinski definition) is 2. The molecule has 104 valence electrons. The summed E-state index contributed by atoms with van der Waals surface area (Å²) in [6, 6.07) is 6.98. The van der Waals surface area contributed by atoms with Crippen LogP contribution in [-0.2, 0) is 9.59 Å². The van der Waals surface area contributed by atoms with Crippen molar-refractivity contribution < 1.29 is 14.7 Å². The fourth-order valence-corrected chi connectivity index (χ4v) is 1.83. The minimum absolute atomic E-state index is 0.0623. The number of hydrogen-bond acceptors (Lipinski definition) is 2. The van der Waals surface area contributed by atoms with Crippen molar-refractivity contribution in [1.29, 1.82) is 0 Å². The monoisotopic (exact) mass is 283 g/mol. The molecule has 0 aliphatic rings. The molecule has 1 aromatic rings. The largest absolute Gasteiger partial charge is 0.481 e. The van der Waals surface area contributed by atoms with Gasteiger partial charge in [-0.3, -0.25) is 9.59 Å². The van der Waals surface area contributed by atoms with Crippen molar-refractivity contribution in [3.63, 3.8) is 0 Å². The minimum Gasteiger partial charge on any atom is -0.481 e. The first-order chi connectivity index (χ1) is 8.72. The van der Waals surface area contributed by atoms with Crippen molar-refractivity contribution in [2.45, 2.75) is 33.2 Å². The predicted octanol–water partition coefficient (Wildman–Crippen LogP) is 3.02. The van der Waals surface area contributed by atoms with Crippen LogP contribution in [0.3, 0.4) is 0 Å². The molecule has 0 aromatic heterocycles. The number of carboxylic acids is 1. The summed E-state index contributed by atoms with van der Waals surface area (Å²) < 4.78 is 0. The van der Waals surface area contributed by atoms with E-state index in [1.54, 1.807) is 12.1 Å². The van der Waals surface area contributed by atoms with Crippen LogP contribution in [0.15, 0.2) is 24.3 Å². The van der Waals surface area contributed by atoms with Gasteiger partial charge in [0, 0.05) is 11.4 Å². The molecule has 0 radical (unpaired) electrons. The van der Waals surface area contributed by atoms with Gasteiger partial charge in [0.1, 0.15) is 0 Å². The first-order valence-corrected chi connectivity index (χ1v) is 6.38. The first-order valence-electron chi connectivity index (χ1n) is 6.00. The Morgan fingerprint density at radius 3 is 2.58 bits per heavy atom. The molecule has 0 saturated carbocycles. The number of rotatable bonds is 5. The third-order valence-corrected chi connectivity index (χ3v) is 3.14. The zero-order valence-corrected chi connectivity index (χ0v) is 12.0. The molecule has 4 nitrogen and oxygen atoms in total. The van der Waals surface area contributed by atoms with Crippen LogP contribution in [0.1, 0.15) is 38.8 Å². The molecule has 0 aliphatic carbocycles. The number of halogens is 1. The third-order valence-electron chi connectivity index (χ3n) is 2.91. The van der Waals surface area contributed by atoms with Crippen LogP contribution in [-0.4, -0.2) is 17.0 Å². The van der Waals surface area contributed by atoms with E-state index in [0.29, 0.717) is 5.02 Å². The Balaban J connectivity index is 2.65. The second-order valence-electron chi connectivity index (χ2n) is 5.21. The van der Waals surface area contributed by atoms with Crippen molar-refractivity contribution in [1.82, 2.24) is 5.32 Å². The van der Waals surface area contributed by atoms with Crippen LogP contribution < -0.4 is 5.32 Å². The lowest BCUT2D eigenvalue weighted by molar-refractivity contribution is -0.149. The normalized spacial score (nSPS) is 12.8. The van der Waals surface area contributed by atoms with Crippen LogP contribution in [0, 0.1) is 5.41 Å². The average Bonchev–Trinajstić information content (AvgIpc) is 2.27. The number of nitrogens with one attached hydrogen (secondary N) is 1. The summed E-state index contributed by atoms with van der Waals surface area (Å²) in [5, 5.41) is 12.4. The lowest BCUT2D eigenvalue weighted by atomic mass is 9.89. The quantitative estimate of drug-likeness (QED) is 0.873. The molecule has 5 heteroatoms. The van der Waals surface area contributed by atoms with Gasteiger partial charge in [0.05, 0.1) is 11.5 Å². The Morgan fingerprint density at radius 2 is 2.05 bits per heavy atom. The summed E-state index contributed by atoms with van der Waals surface area (Å²) in [5.41, 5.74) is -0.188. The number of amides is 1. The Kier molecular flexibility index (Phi) is 4.95. The number of aliphatic carboxylic acids is 1. The molecular weight excluding hydrogens is 266 g/mol. The summed E-state index contributed by atoms with van der Waals surface area (Å²) in [6.45, 7) is 4.88. The highest BCUT2D eigenvalue weighted by atomic mass is 35.5. The van der Waals surface area contributed by atoms with Crippen molar-refractivity contribution in [2.75, 3.05) is 0 Å². The molecule has 1 amide bonds. The molecular formula is C14H18ClNO3. The molecule has 2 N–H and O–H groups in total. The van der Waals surface area contributed by atoms with Crippen LogP contribution >= 0.6 is 11.6 Å². The van der Waals surface area contributed by atoms with Gasteiger partial charge in [0.25, 0.3) is 0 Å². The maximum Gasteiger partial charge on any atom is 0.309 e. The molecule has 0 unspecified atom stereocenters. The lowest BCUT2D eigenvalue weighted by Crippen LogP contribution is -2.34. The maximum absolute atomic E-state index is 11.8. The van der Waals surface area contributed by atoms with E-state index in [4.69, 9.17) is 16.7 Å². The molecule has 19 heavy (non-hydrogen) atoms. The highest BCUT2D eigenvalue weighted by Crippen LogP contribution is 2.22. The van der Waals surface area contributed by atoms with E-state index < -0.39 is 11.4 Å². The molecule has 0 spiro atoms. The van der Waals surface area contributed by atoms with Gasteiger partial charge < -0.3 is 10.4 Å². The highest BCUT2D eigenvalue weighted by Gasteiger charge is 2.30. The number of benzene rings is 1. The highest BCUT2D eigenvalue weighted by molar-refractivity contribution is 6.30. The molecule has 0 saturated heterocycles. The van der Waals surface area contributed by atoms with E-state index in [2.05, 4.69) is 5.32 Å². The fourth-order valence-electron chi connectivity index (χ4n) is 1.63. The van der Waals surface area contributed by atoms with E-state index in [1.165, 1.54) is 13.8 Å². The molecule has 1 rings (SSSR count). The summed E-state index contributed by atoms with van der Waals surface area (Å²) in [5.74, 6) is -1.28. The van der Waals surface area contributed by atoms with Gasteiger partial charge in [-0.2, -0.15) is 0 Å². The van der Waals surface area contributed by atoms with E-state index in [-0.39, 0.29) is 18.4 Å². The van der Waals surface area contributed by atoms with Gasteiger partial charge in [-0.1, -0.05) is 23.7 Å². The Labute approximate surface area is 117 Å². The zero-order valence-electron chi connectivity index (χ0n) is 11.2. The molecule has 1 aromatic carbocycles. The second-order valence-corrected chi connectivity index (χ2v) is 5.65. The minimum atomic E-state index is -1.07. The second kappa shape index (κ2) is 6.06. The summed E-state index contributed by atoms with van der Waals surface area (Å²) in [4.78, 5) is 22.8. The van der Waals surface area contributed by atoms with Crippen molar-refractivity contribution in [3.05, 3.63) is 34.9 Å². The summed E-state index contributed by atoms with van der Waals surface area (Å²) in [7, 11) is 0. The fraction of sp³-hybridized carbons (Fsp3) is 0.429. The van der Waals surface area contributed by atoms with Crippen molar-refractivity contribution in [3.8, 4) is 0 Å². The van der Waals surface area contributed by atoms with Gasteiger partial charge in [-0.15, -0.1) is 0 Å². The third kappa shape index (κ3) is 4.56. The molecule has 0 aliphatic heterocycles. The van der Waals surface area contributed by atoms with Gasteiger partial charge in [-0.25, -0.2) is 0 Å². The van der Waals surface area contributed by atoms with E-state index in [9.17, 15) is 9.59 Å². The molecule has 0 bridgehead atoms. The topological polar surface area (TPSA) is 66.4 Å². The summed E-state index contributed by atoms with van der Waals surface area (Å²) >= 11 is 5.88. The Bertz CT molecular complexity index is 485. The van der Waals surface area contributed by atoms with Crippen LogP contribution in [0.5, 0.6) is 0 Å². The van der Waals surface area contributed by atoms with Gasteiger partial charge in [0.2, 0.25) is 5.91 Å². The Morgan fingerprint density at radius 1 is 1.42 bits per heavy atom. The van der Waals surface area contributed by atoms with Crippen LogP contribution in [0.25, 0.3) is 0 Å². The van der Waals surface area contributed by atoms with E-state index >= 15 is 0 Å². The van der Waals surface area contributed by atoms with Gasteiger partial charge in [0.15, 0.2) is 0 Å². The van der Waals surface area contributed by atoms with Crippen molar-refractivity contribution in [2.24, 2.45) is 5.41 Å². The average molecular weight is 284 g/mol.